The number of pyridine rings is 1. The quantitative estimate of drug-likeness (QED) is 0.694. The molecule has 23 heavy (non-hydrogen) atoms. The van der Waals surface area contributed by atoms with Crippen LogP contribution in [0.4, 0.5) is 11.5 Å². The minimum atomic E-state index is -0.371. The van der Waals surface area contributed by atoms with Gasteiger partial charge in [-0.25, -0.2) is 9.78 Å². The highest BCUT2D eigenvalue weighted by Crippen LogP contribution is 2.32. The average molecular weight is 311 g/mol. The van der Waals surface area contributed by atoms with Crippen molar-refractivity contribution in [1.82, 2.24) is 4.98 Å². The first-order chi connectivity index (χ1) is 11.0. The van der Waals surface area contributed by atoms with Crippen molar-refractivity contribution in [3.05, 3.63) is 47.7 Å². The van der Waals surface area contributed by atoms with Crippen LogP contribution in [0, 0.1) is 13.8 Å². The zero-order valence-electron chi connectivity index (χ0n) is 13.0. The molecule has 1 aromatic heterocycles. The molecule has 0 saturated heterocycles. The van der Waals surface area contributed by atoms with Crippen molar-refractivity contribution < 1.29 is 14.3 Å². The third-order valence-corrected chi connectivity index (χ3v) is 3.52. The number of carbonyl (C=O) groups excluding carboxylic acids is 2. The highest BCUT2D eigenvalue weighted by Gasteiger charge is 2.25. The lowest BCUT2D eigenvalue weighted by molar-refractivity contribution is -0.133. The number of aryl methyl sites for hydroxylation is 2. The van der Waals surface area contributed by atoms with Crippen LogP contribution in [-0.2, 0) is 9.59 Å². The van der Waals surface area contributed by atoms with E-state index in [9.17, 15) is 9.59 Å². The van der Waals surface area contributed by atoms with E-state index in [0.717, 1.165) is 16.8 Å². The van der Waals surface area contributed by atoms with Crippen molar-refractivity contribution >= 4 is 23.4 Å². The summed E-state index contributed by atoms with van der Waals surface area (Å²) in [6.07, 6.45) is 1.64. The van der Waals surface area contributed by atoms with E-state index < -0.39 is 0 Å². The van der Waals surface area contributed by atoms with Gasteiger partial charge in [-0.3, -0.25) is 4.79 Å². The Morgan fingerprint density at radius 1 is 1.26 bits per heavy atom. The number of hydrogen-bond donors (Lipinski definition) is 1. The topological polar surface area (TPSA) is 71.5 Å². The second-order valence-corrected chi connectivity index (χ2v) is 5.57. The molecule has 0 radical (unpaired) electrons. The molecule has 1 aliphatic heterocycles. The van der Waals surface area contributed by atoms with Gasteiger partial charge in [-0.1, -0.05) is 6.07 Å². The molecule has 1 N–H and O–H groups in total. The second-order valence-electron chi connectivity index (χ2n) is 5.57. The largest absolute Gasteiger partial charge is 0.423 e. The molecular weight excluding hydrogens is 294 g/mol. The zero-order chi connectivity index (χ0) is 16.4. The molecule has 3 rings (SSSR count). The molecule has 0 unspecified atom stereocenters. The Kier molecular flexibility index (Phi) is 3.97. The van der Waals surface area contributed by atoms with Gasteiger partial charge in [-0.05, 0) is 49.2 Å². The van der Waals surface area contributed by atoms with Crippen molar-refractivity contribution in [3.8, 4) is 5.75 Å². The van der Waals surface area contributed by atoms with Crippen molar-refractivity contribution in [3.63, 3.8) is 0 Å². The molecule has 1 amide bonds. The minimum absolute atomic E-state index is 0.0464. The van der Waals surface area contributed by atoms with Crippen LogP contribution in [0.25, 0.3) is 0 Å². The van der Waals surface area contributed by atoms with Gasteiger partial charge in [0.25, 0.3) is 0 Å². The fourth-order valence-corrected chi connectivity index (χ4v) is 2.46. The van der Waals surface area contributed by atoms with Gasteiger partial charge in [0, 0.05) is 6.20 Å². The SMILES string of the molecule is Cc1ccnc(NC(=O)CN2CC(=O)Oc3cc(C)ccc32)c1. The van der Waals surface area contributed by atoms with Gasteiger partial charge < -0.3 is 15.0 Å². The fraction of sp³-hybridized carbons (Fsp3) is 0.235. The number of hydrogen-bond acceptors (Lipinski definition) is 5. The van der Waals surface area contributed by atoms with E-state index in [1.807, 2.05) is 32.0 Å². The predicted octanol–water partition coefficient (Wildman–Crippen LogP) is 2.06. The number of rotatable bonds is 3. The zero-order valence-corrected chi connectivity index (χ0v) is 13.0. The second kappa shape index (κ2) is 6.08. The number of amides is 1. The first-order valence-corrected chi connectivity index (χ1v) is 7.30. The minimum Gasteiger partial charge on any atom is -0.423 e. The lowest BCUT2D eigenvalue weighted by Crippen LogP contribution is -2.41. The number of esters is 1. The summed E-state index contributed by atoms with van der Waals surface area (Å²) < 4.78 is 5.23. The first kappa shape index (κ1) is 15.0. The lowest BCUT2D eigenvalue weighted by Gasteiger charge is -2.29. The summed E-state index contributed by atoms with van der Waals surface area (Å²) in [6, 6.07) is 9.22. The standard InChI is InChI=1S/C17H17N3O3/c1-11-3-4-13-14(7-11)23-17(22)10-20(13)9-16(21)19-15-8-12(2)5-6-18-15/h3-8H,9-10H2,1-2H3,(H,18,19,21). The molecule has 0 fully saturated rings. The molecule has 1 aliphatic rings. The molecule has 6 nitrogen and oxygen atoms in total. The van der Waals surface area contributed by atoms with E-state index in [1.165, 1.54) is 0 Å². The van der Waals surface area contributed by atoms with Crippen molar-refractivity contribution in [1.29, 1.82) is 0 Å². The summed E-state index contributed by atoms with van der Waals surface area (Å²) in [4.78, 5) is 29.8. The number of anilines is 2. The molecule has 0 saturated carbocycles. The summed E-state index contributed by atoms with van der Waals surface area (Å²) in [7, 11) is 0. The normalized spacial score (nSPS) is 13.3. The Morgan fingerprint density at radius 3 is 2.83 bits per heavy atom. The molecule has 2 aromatic rings. The van der Waals surface area contributed by atoms with Crippen molar-refractivity contribution in [2.24, 2.45) is 0 Å². The van der Waals surface area contributed by atoms with Gasteiger partial charge in [0.15, 0.2) is 5.75 Å². The number of nitrogens with zero attached hydrogens (tertiary/aromatic N) is 2. The van der Waals surface area contributed by atoms with Gasteiger partial charge in [-0.2, -0.15) is 0 Å². The van der Waals surface area contributed by atoms with Crippen LogP contribution in [0.5, 0.6) is 5.75 Å². The molecule has 0 aliphatic carbocycles. The predicted molar refractivity (Wildman–Crippen MR) is 86.6 cm³/mol. The van der Waals surface area contributed by atoms with Crippen LogP contribution in [-0.4, -0.2) is 29.9 Å². The number of nitrogens with one attached hydrogen (secondary N) is 1. The number of carbonyl (C=O) groups is 2. The number of ether oxygens (including phenoxy) is 1. The first-order valence-electron chi connectivity index (χ1n) is 7.30. The van der Waals surface area contributed by atoms with E-state index in [2.05, 4.69) is 10.3 Å². The number of benzene rings is 1. The van der Waals surface area contributed by atoms with E-state index in [0.29, 0.717) is 11.6 Å². The highest BCUT2D eigenvalue weighted by atomic mass is 16.5. The number of aromatic nitrogens is 1. The molecule has 0 bridgehead atoms. The van der Waals surface area contributed by atoms with Crippen LogP contribution >= 0.6 is 0 Å². The number of fused-ring (bicyclic) bond motifs is 1. The van der Waals surface area contributed by atoms with Crippen LogP contribution in [0.1, 0.15) is 11.1 Å². The Morgan fingerprint density at radius 2 is 2.04 bits per heavy atom. The Hall–Kier alpha value is -2.89. The molecular formula is C17H17N3O3. The monoisotopic (exact) mass is 311 g/mol. The summed E-state index contributed by atoms with van der Waals surface area (Å²) in [5.74, 6) is 0.385. The molecule has 118 valence electrons. The Bertz CT molecular complexity index is 773. The molecule has 6 heteroatoms. The third-order valence-electron chi connectivity index (χ3n) is 3.52. The highest BCUT2D eigenvalue weighted by molar-refractivity contribution is 5.95. The van der Waals surface area contributed by atoms with Gasteiger partial charge in [0.1, 0.15) is 12.4 Å². The van der Waals surface area contributed by atoms with E-state index in [-0.39, 0.29) is 25.0 Å². The van der Waals surface area contributed by atoms with Crippen LogP contribution in [0.2, 0.25) is 0 Å². The van der Waals surface area contributed by atoms with E-state index >= 15 is 0 Å². The van der Waals surface area contributed by atoms with E-state index in [1.54, 1.807) is 23.2 Å². The summed E-state index contributed by atoms with van der Waals surface area (Å²) in [5, 5.41) is 2.74. The maximum atomic E-state index is 12.2. The Labute approximate surface area is 134 Å². The third kappa shape index (κ3) is 3.48. The molecule has 2 heterocycles. The molecule has 0 atom stereocenters. The maximum Gasteiger partial charge on any atom is 0.331 e. The lowest BCUT2D eigenvalue weighted by atomic mass is 10.1. The maximum absolute atomic E-state index is 12.2. The van der Waals surface area contributed by atoms with Gasteiger partial charge in [0.05, 0.1) is 12.2 Å². The van der Waals surface area contributed by atoms with Crippen LogP contribution in [0.3, 0.4) is 0 Å². The fourth-order valence-electron chi connectivity index (χ4n) is 2.46. The van der Waals surface area contributed by atoms with Crippen LogP contribution < -0.4 is 15.0 Å². The summed E-state index contributed by atoms with van der Waals surface area (Å²) >= 11 is 0. The molecule has 1 aromatic carbocycles. The Balaban J connectivity index is 1.75. The van der Waals surface area contributed by atoms with Crippen LogP contribution in [0.15, 0.2) is 36.5 Å². The van der Waals surface area contributed by atoms with Crippen molar-refractivity contribution in [2.75, 3.05) is 23.3 Å². The summed E-state index contributed by atoms with van der Waals surface area (Å²) in [5.41, 5.74) is 2.74. The van der Waals surface area contributed by atoms with E-state index in [4.69, 9.17) is 4.74 Å². The van der Waals surface area contributed by atoms with Crippen molar-refractivity contribution in [2.45, 2.75) is 13.8 Å². The smallest absolute Gasteiger partial charge is 0.331 e. The van der Waals surface area contributed by atoms with Gasteiger partial charge >= 0.3 is 5.97 Å². The van der Waals surface area contributed by atoms with Gasteiger partial charge in [-0.15, -0.1) is 0 Å². The summed E-state index contributed by atoms with van der Waals surface area (Å²) in [6.45, 7) is 3.95. The average Bonchev–Trinajstić information content (AvgIpc) is 2.46. The van der Waals surface area contributed by atoms with Gasteiger partial charge in [0.2, 0.25) is 5.91 Å². The molecule has 0 spiro atoms.